The minimum Gasteiger partial charge on any atom is -0.345 e. The van der Waals surface area contributed by atoms with Crippen LogP contribution in [0.25, 0.3) is 10.8 Å². The van der Waals surface area contributed by atoms with Gasteiger partial charge in [-0.3, -0.25) is 9.59 Å². The smallest absolute Gasteiger partial charge is 0.243 e. The molecular weight excluding hydrogens is 240 g/mol. The van der Waals surface area contributed by atoms with Crippen molar-refractivity contribution in [2.45, 2.75) is 12.5 Å². The molecule has 2 aromatic rings. The third kappa shape index (κ3) is 2.42. The SMILES string of the molecule is O=C1CNC(=O)C(Cc2ccc3ccccc3c2)N1. The standard InChI is InChI=1S/C15H14N2O2/c18-14-9-16-15(19)13(17-14)8-10-5-6-11-3-1-2-4-12(11)7-10/h1-7,13H,8-9H2,(H,16,19)(H,17,18). The van der Waals surface area contributed by atoms with Gasteiger partial charge in [0, 0.05) is 6.42 Å². The van der Waals surface area contributed by atoms with E-state index in [1.54, 1.807) is 0 Å². The molecule has 1 unspecified atom stereocenters. The number of nitrogens with one attached hydrogen (secondary N) is 2. The van der Waals surface area contributed by atoms with Crippen molar-refractivity contribution in [1.29, 1.82) is 0 Å². The van der Waals surface area contributed by atoms with E-state index in [-0.39, 0.29) is 18.4 Å². The Bertz CT molecular complexity index is 651. The summed E-state index contributed by atoms with van der Waals surface area (Å²) in [6.07, 6.45) is 0.516. The zero-order valence-corrected chi connectivity index (χ0v) is 10.3. The average Bonchev–Trinajstić information content (AvgIpc) is 2.43. The second kappa shape index (κ2) is 4.72. The maximum atomic E-state index is 11.7. The molecule has 2 amide bonds. The van der Waals surface area contributed by atoms with Gasteiger partial charge in [0.1, 0.15) is 6.04 Å². The highest BCUT2D eigenvalue weighted by Crippen LogP contribution is 2.17. The van der Waals surface area contributed by atoms with Crippen molar-refractivity contribution in [2.24, 2.45) is 0 Å². The van der Waals surface area contributed by atoms with Gasteiger partial charge < -0.3 is 10.6 Å². The van der Waals surface area contributed by atoms with E-state index in [2.05, 4.69) is 16.7 Å². The van der Waals surface area contributed by atoms with Crippen molar-refractivity contribution in [3.05, 3.63) is 48.0 Å². The topological polar surface area (TPSA) is 58.2 Å². The Labute approximate surface area is 110 Å². The molecule has 2 N–H and O–H groups in total. The van der Waals surface area contributed by atoms with Crippen LogP contribution in [0, 0.1) is 0 Å². The van der Waals surface area contributed by atoms with E-state index < -0.39 is 6.04 Å². The highest BCUT2D eigenvalue weighted by molar-refractivity contribution is 5.95. The molecule has 4 heteroatoms. The Morgan fingerprint density at radius 1 is 1.05 bits per heavy atom. The van der Waals surface area contributed by atoms with Crippen LogP contribution in [0.2, 0.25) is 0 Å². The number of amides is 2. The molecule has 1 aliphatic heterocycles. The lowest BCUT2D eigenvalue weighted by molar-refractivity contribution is -0.133. The molecule has 2 aromatic carbocycles. The zero-order chi connectivity index (χ0) is 13.2. The first-order valence-corrected chi connectivity index (χ1v) is 6.27. The first-order valence-electron chi connectivity index (χ1n) is 6.27. The highest BCUT2D eigenvalue weighted by atomic mass is 16.2. The summed E-state index contributed by atoms with van der Waals surface area (Å²) >= 11 is 0. The maximum absolute atomic E-state index is 11.7. The van der Waals surface area contributed by atoms with Crippen LogP contribution in [-0.4, -0.2) is 24.4 Å². The molecular formula is C15H14N2O2. The number of piperazine rings is 1. The lowest BCUT2D eigenvalue weighted by atomic mass is 10.0. The van der Waals surface area contributed by atoms with Crippen LogP contribution in [-0.2, 0) is 16.0 Å². The number of carbonyl (C=O) groups excluding carboxylic acids is 2. The molecule has 0 saturated carbocycles. The van der Waals surface area contributed by atoms with Gasteiger partial charge in [-0.2, -0.15) is 0 Å². The van der Waals surface area contributed by atoms with Gasteiger partial charge in [-0.15, -0.1) is 0 Å². The minimum atomic E-state index is -0.470. The number of hydrogen-bond acceptors (Lipinski definition) is 2. The van der Waals surface area contributed by atoms with Crippen LogP contribution in [0.3, 0.4) is 0 Å². The summed E-state index contributed by atoms with van der Waals surface area (Å²) in [5, 5.41) is 7.61. The largest absolute Gasteiger partial charge is 0.345 e. The number of rotatable bonds is 2. The van der Waals surface area contributed by atoms with Gasteiger partial charge in [0.2, 0.25) is 11.8 Å². The van der Waals surface area contributed by atoms with Crippen LogP contribution >= 0.6 is 0 Å². The molecule has 1 atom stereocenters. The van der Waals surface area contributed by atoms with E-state index in [4.69, 9.17) is 0 Å². The van der Waals surface area contributed by atoms with Crippen LogP contribution in [0.5, 0.6) is 0 Å². The summed E-state index contributed by atoms with van der Waals surface area (Å²) in [7, 11) is 0. The Hall–Kier alpha value is -2.36. The Kier molecular flexibility index (Phi) is 2.91. The summed E-state index contributed by atoms with van der Waals surface area (Å²) in [4.78, 5) is 23.0. The second-order valence-electron chi connectivity index (χ2n) is 4.72. The predicted molar refractivity (Wildman–Crippen MR) is 72.6 cm³/mol. The molecule has 96 valence electrons. The van der Waals surface area contributed by atoms with E-state index in [1.165, 1.54) is 5.39 Å². The monoisotopic (exact) mass is 254 g/mol. The summed E-state index contributed by atoms with van der Waals surface area (Å²) in [6, 6.07) is 13.7. The first-order chi connectivity index (χ1) is 9.22. The van der Waals surface area contributed by atoms with Crippen LogP contribution in [0.15, 0.2) is 42.5 Å². The van der Waals surface area contributed by atoms with E-state index in [0.29, 0.717) is 6.42 Å². The molecule has 1 heterocycles. The van der Waals surface area contributed by atoms with E-state index in [1.807, 2.05) is 36.4 Å². The van der Waals surface area contributed by atoms with Gasteiger partial charge >= 0.3 is 0 Å². The minimum absolute atomic E-state index is 0.0764. The lowest BCUT2D eigenvalue weighted by Gasteiger charge is -2.23. The molecule has 1 aliphatic rings. The summed E-state index contributed by atoms with van der Waals surface area (Å²) in [6.45, 7) is 0.0764. The molecule has 0 bridgehead atoms. The van der Waals surface area contributed by atoms with E-state index in [9.17, 15) is 9.59 Å². The van der Waals surface area contributed by atoms with Crippen molar-refractivity contribution in [2.75, 3.05) is 6.54 Å². The van der Waals surface area contributed by atoms with E-state index >= 15 is 0 Å². The molecule has 0 radical (unpaired) electrons. The number of hydrogen-bond donors (Lipinski definition) is 2. The fourth-order valence-electron chi connectivity index (χ4n) is 2.35. The number of carbonyl (C=O) groups is 2. The first kappa shape index (κ1) is 11.7. The van der Waals surface area contributed by atoms with E-state index in [0.717, 1.165) is 10.9 Å². The van der Waals surface area contributed by atoms with Crippen LogP contribution < -0.4 is 10.6 Å². The Balaban J connectivity index is 1.84. The van der Waals surface area contributed by atoms with Crippen molar-refractivity contribution in [3.63, 3.8) is 0 Å². The van der Waals surface area contributed by atoms with Crippen molar-refractivity contribution in [3.8, 4) is 0 Å². The quantitative estimate of drug-likeness (QED) is 0.840. The predicted octanol–water partition coefficient (Wildman–Crippen LogP) is 0.997. The molecule has 4 nitrogen and oxygen atoms in total. The second-order valence-corrected chi connectivity index (χ2v) is 4.72. The molecule has 0 aromatic heterocycles. The van der Waals surface area contributed by atoms with Crippen LogP contribution in [0.4, 0.5) is 0 Å². The molecule has 0 spiro atoms. The van der Waals surface area contributed by atoms with Crippen molar-refractivity contribution >= 4 is 22.6 Å². The fourth-order valence-corrected chi connectivity index (χ4v) is 2.35. The maximum Gasteiger partial charge on any atom is 0.243 e. The summed E-state index contributed by atoms with van der Waals surface area (Å²) < 4.78 is 0. The average molecular weight is 254 g/mol. The van der Waals surface area contributed by atoms with Gasteiger partial charge in [-0.1, -0.05) is 42.5 Å². The Morgan fingerprint density at radius 3 is 2.68 bits per heavy atom. The van der Waals surface area contributed by atoms with Crippen molar-refractivity contribution < 1.29 is 9.59 Å². The molecule has 19 heavy (non-hydrogen) atoms. The molecule has 1 saturated heterocycles. The molecule has 0 aliphatic carbocycles. The third-order valence-corrected chi connectivity index (χ3v) is 3.33. The Morgan fingerprint density at radius 2 is 1.84 bits per heavy atom. The molecule has 3 rings (SSSR count). The van der Waals surface area contributed by atoms with Gasteiger partial charge in [0.25, 0.3) is 0 Å². The summed E-state index contributed by atoms with van der Waals surface area (Å²) in [5.41, 5.74) is 1.04. The third-order valence-electron chi connectivity index (χ3n) is 3.33. The lowest BCUT2D eigenvalue weighted by Crippen LogP contribution is -2.56. The highest BCUT2D eigenvalue weighted by Gasteiger charge is 2.25. The van der Waals surface area contributed by atoms with Gasteiger partial charge in [-0.05, 0) is 16.3 Å². The normalized spacial score (nSPS) is 19.1. The van der Waals surface area contributed by atoms with Gasteiger partial charge in [0.15, 0.2) is 0 Å². The number of fused-ring (bicyclic) bond motifs is 1. The van der Waals surface area contributed by atoms with Crippen LogP contribution in [0.1, 0.15) is 5.56 Å². The van der Waals surface area contributed by atoms with Gasteiger partial charge in [-0.25, -0.2) is 0 Å². The van der Waals surface area contributed by atoms with Gasteiger partial charge in [0.05, 0.1) is 6.54 Å². The summed E-state index contributed by atoms with van der Waals surface area (Å²) in [5.74, 6) is -0.252. The molecule has 1 fully saturated rings. The fraction of sp³-hybridized carbons (Fsp3) is 0.200. The zero-order valence-electron chi connectivity index (χ0n) is 10.3. The van der Waals surface area contributed by atoms with Crippen molar-refractivity contribution in [1.82, 2.24) is 10.6 Å². The number of benzene rings is 2.